The van der Waals surface area contributed by atoms with Gasteiger partial charge in [0.2, 0.25) is 0 Å². The zero-order chi connectivity index (χ0) is 18.7. The summed E-state index contributed by atoms with van der Waals surface area (Å²) in [7, 11) is 5.56. The lowest BCUT2D eigenvalue weighted by Gasteiger charge is -2.23. The van der Waals surface area contributed by atoms with Crippen LogP contribution >= 0.6 is 11.8 Å². The van der Waals surface area contributed by atoms with Gasteiger partial charge in [-0.2, -0.15) is 0 Å². The summed E-state index contributed by atoms with van der Waals surface area (Å²) < 4.78 is 10.8. The average molecular weight is 373 g/mol. The number of hydrogen-bond acceptors (Lipinski definition) is 7. The van der Waals surface area contributed by atoms with Crippen LogP contribution in [0.1, 0.15) is 12.5 Å². The molecule has 0 spiro atoms. The first-order valence-electron chi connectivity index (χ1n) is 8.39. The van der Waals surface area contributed by atoms with E-state index < -0.39 is 0 Å². The maximum Gasteiger partial charge on any atom is 0.337 e. The molecule has 0 saturated carbocycles. The highest BCUT2D eigenvalue weighted by molar-refractivity contribution is 8.22. The van der Waals surface area contributed by atoms with Crippen LogP contribution < -0.4 is 4.74 Å². The van der Waals surface area contributed by atoms with Crippen LogP contribution in [0.25, 0.3) is 4.91 Å². The predicted molar refractivity (Wildman–Crippen MR) is 105 cm³/mol. The number of rotatable bonds is 6. The highest BCUT2D eigenvalue weighted by atomic mass is 32.2. The molecule has 0 unspecified atom stereocenters. The smallest absolute Gasteiger partial charge is 0.337 e. The van der Waals surface area contributed by atoms with Gasteiger partial charge in [-0.3, -0.25) is 0 Å². The molecular formula is C19H23N3O3S. The van der Waals surface area contributed by atoms with Crippen LogP contribution in [0.2, 0.25) is 0 Å². The molecule has 0 amide bonds. The average Bonchev–Trinajstić information content (AvgIpc) is 3.03. The zero-order valence-corrected chi connectivity index (χ0v) is 16.3. The summed E-state index contributed by atoms with van der Waals surface area (Å²) in [5, 5.41) is 0.869. The second-order valence-electron chi connectivity index (χ2n) is 6.32. The van der Waals surface area contributed by atoms with Crippen LogP contribution in [0.15, 0.2) is 46.7 Å². The van der Waals surface area contributed by atoms with Gasteiger partial charge in [0.1, 0.15) is 12.4 Å². The van der Waals surface area contributed by atoms with Gasteiger partial charge in [-0.25, -0.2) is 9.79 Å². The van der Waals surface area contributed by atoms with Crippen LogP contribution in [0.4, 0.5) is 0 Å². The molecular weight excluding hydrogens is 350 g/mol. The molecule has 0 saturated heterocycles. The second kappa shape index (κ2) is 7.97. The predicted octanol–water partition coefficient (Wildman–Crippen LogP) is 2.79. The largest absolute Gasteiger partial charge is 0.496 e. The lowest BCUT2D eigenvalue weighted by molar-refractivity contribution is -0.139. The highest BCUT2D eigenvalue weighted by Gasteiger charge is 2.30. The Morgan fingerprint density at radius 2 is 2.12 bits per heavy atom. The maximum atomic E-state index is 12.4. The summed E-state index contributed by atoms with van der Waals surface area (Å²) in [6, 6.07) is 7.89. The van der Waals surface area contributed by atoms with Gasteiger partial charge in [0, 0.05) is 23.2 Å². The fourth-order valence-corrected chi connectivity index (χ4v) is 3.74. The van der Waals surface area contributed by atoms with E-state index in [9.17, 15) is 4.79 Å². The Kier molecular flexibility index (Phi) is 5.68. The lowest BCUT2D eigenvalue weighted by atomic mass is 10.1. The number of aliphatic imine (C=N–C) groups is 1. The number of para-hydroxylation sites is 1. The molecule has 2 heterocycles. The van der Waals surface area contributed by atoms with Crippen molar-refractivity contribution in [3.05, 3.63) is 47.3 Å². The SMILES string of the molecule is COc1ccccc1C1=CN2CC(C(=O)OCCN(C)C)=C(C)N=C2S1. The molecule has 0 N–H and O–H groups in total. The van der Waals surface area contributed by atoms with E-state index in [1.807, 2.05) is 61.3 Å². The molecule has 3 rings (SSSR count). The lowest BCUT2D eigenvalue weighted by Crippen LogP contribution is -2.31. The number of allylic oxidation sites excluding steroid dienone is 1. The number of ether oxygens (including phenoxy) is 2. The topological polar surface area (TPSA) is 54.4 Å². The minimum atomic E-state index is -0.295. The standard InChI is InChI=1S/C19H23N3O3S/c1-13-15(18(23)25-10-9-21(2)3)11-22-12-17(26-19(22)20-13)14-7-5-6-8-16(14)24-4/h5-8,12H,9-11H2,1-4H3. The van der Waals surface area contributed by atoms with E-state index in [4.69, 9.17) is 9.47 Å². The molecule has 0 radical (unpaired) electrons. The summed E-state index contributed by atoms with van der Waals surface area (Å²) in [5.74, 6) is 0.524. The minimum absolute atomic E-state index is 0.295. The first kappa shape index (κ1) is 18.5. The molecule has 0 fully saturated rings. The van der Waals surface area contributed by atoms with Crippen LogP contribution in [-0.4, -0.2) is 61.8 Å². The van der Waals surface area contributed by atoms with Crippen LogP contribution in [0, 0.1) is 0 Å². The minimum Gasteiger partial charge on any atom is -0.496 e. The van der Waals surface area contributed by atoms with Gasteiger partial charge in [-0.05, 0) is 38.8 Å². The van der Waals surface area contributed by atoms with E-state index in [1.54, 1.807) is 18.9 Å². The molecule has 0 aromatic heterocycles. The van der Waals surface area contributed by atoms with Crippen LogP contribution in [0.5, 0.6) is 5.75 Å². The summed E-state index contributed by atoms with van der Waals surface area (Å²) in [4.78, 5) is 22.0. The van der Waals surface area contributed by atoms with Crippen molar-refractivity contribution in [1.29, 1.82) is 0 Å². The second-order valence-corrected chi connectivity index (χ2v) is 7.33. The summed E-state index contributed by atoms with van der Waals surface area (Å²) in [5.41, 5.74) is 2.34. The third-order valence-electron chi connectivity index (χ3n) is 4.14. The Morgan fingerprint density at radius 1 is 1.35 bits per heavy atom. The molecule has 1 aromatic carbocycles. The van der Waals surface area contributed by atoms with Gasteiger partial charge in [-0.15, -0.1) is 0 Å². The molecule has 7 heteroatoms. The monoisotopic (exact) mass is 373 g/mol. The number of carbonyl (C=O) groups is 1. The van der Waals surface area contributed by atoms with Crippen molar-refractivity contribution in [1.82, 2.24) is 9.80 Å². The normalized spacial score (nSPS) is 16.4. The molecule has 2 aliphatic rings. The van der Waals surface area contributed by atoms with Crippen molar-refractivity contribution in [3.8, 4) is 5.75 Å². The van der Waals surface area contributed by atoms with E-state index in [0.717, 1.165) is 21.4 Å². The van der Waals surface area contributed by atoms with Gasteiger partial charge in [0.25, 0.3) is 0 Å². The molecule has 0 aliphatic carbocycles. The number of methoxy groups -OCH3 is 1. The number of nitrogens with zero attached hydrogens (tertiary/aromatic N) is 3. The van der Waals surface area contributed by atoms with Crippen molar-refractivity contribution in [2.24, 2.45) is 4.99 Å². The van der Waals surface area contributed by atoms with E-state index in [0.29, 0.717) is 31.0 Å². The van der Waals surface area contributed by atoms with Crippen molar-refractivity contribution in [3.63, 3.8) is 0 Å². The number of hydrogen-bond donors (Lipinski definition) is 0. The first-order valence-corrected chi connectivity index (χ1v) is 9.21. The fourth-order valence-electron chi connectivity index (χ4n) is 2.67. The molecule has 6 nitrogen and oxygen atoms in total. The fraction of sp³-hybridized carbons (Fsp3) is 0.368. The van der Waals surface area contributed by atoms with E-state index >= 15 is 0 Å². The van der Waals surface area contributed by atoms with Gasteiger partial charge in [0.05, 0.1) is 24.9 Å². The van der Waals surface area contributed by atoms with Crippen molar-refractivity contribution >= 4 is 27.8 Å². The Morgan fingerprint density at radius 3 is 2.85 bits per heavy atom. The third-order valence-corrected chi connectivity index (χ3v) is 5.19. The molecule has 0 atom stereocenters. The summed E-state index contributed by atoms with van der Waals surface area (Å²) >= 11 is 1.58. The Bertz CT molecular complexity index is 799. The highest BCUT2D eigenvalue weighted by Crippen LogP contribution is 2.42. The van der Waals surface area contributed by atoms with Crippen molar-refractivity contribution in [2.45, 2.75) is 6.92 Å². The molecule has 1 aromatic rings. The van der Waals surface area contributed by atoms with Gasteiger partial charge in [-0.1, -0.05) is 18.2 Å². The molecule has 26 heavy (non-hydrogen) atoms. The number of likely N-dealkylation sites (N-methyl/N-ethyl adjacent to an activating group) is 1. The number of amidine groups is 1. The number of benzene rings is 1. The number of fused-ring (bicyclic) bond motifs is 1. The van der Waals surface area contributed by atoms with E-state index in [-0.39, 0.29) is 5.97 Å². The number of thioether (sulfide) groups is 1. The number of carbonyl (C=O) groups excluding carboxylic acids is 1. The Labute approximate surface area is 158 Å². The third kappa shape index (κ3) is 3.94. The molecule has 138 valence electrons. The van der Waals surface area contributed by atoms with Gasteiger partial charge >= 0.3 is 5.97 Å². The zero-order valence-electron chi connectivity index (χ0n) is 15.5. The Balaban J connectivity index is 1.74. The molecule has 0 bridgehead atoms. The van der Waals surface area contributed by atoms with E-state index in [1.165, 1.54) is 0 Å². The van der Waals surface area contributed by atoms with Crippen LogP contribution in [-0.2, 0) is 9.53 Å². The van der Waals surface area contributed by atoms with Crippen LogP contribution in [0.3, 0.4) is 0 Å². The summed E-state index contributed by atoms with van der Waals surface area (Å²) in [6.07, 6.45) is 2.01. The van der Waals surface area contributed by atoms with E-state index in [2.05, 4.69) is 4.99 Å². The quantitative estimate of drug-likeness (QED) is 0.715. The first-order chi connectivity index (χ1) is 12.5. The maximum absolute atomic E-state index is 12.4. The van der Waals surface area contributed by atoms with Crippen molar-refractivity contribution in [2.75, 3.05) is 40.9 Å². The Hall–Kier alpha value is -2.25. The number of esters is 1. The van der Waals surface area contributed by atoms with Gasteiger partial charge in [0.15, 0.2) is 5.17 Å². The molecule has 2 aliphatic heterocycles. The summed E-state index contributed by atoms with van der Waals surface area (Å²) in [6.45, 7) is 3.39. The van der Waals surface area contributed by atoms with Crippen molar-refractivity contribution < 1.29 is 14.3 Å². The van der Waals surface area contributed by atoms with Gasteiger partial charge < -0.3 is 19.3 Å².